The molecule has 7 atom stereocenters. The van der Waals surface area contributed by atoms with Gasteiger partial charge in [-0.25, -0.2) is 13.8 Å². The van der Waals surface area contributed by atoms with E-state index in [4.69, 9.17) is 25.3 Å². The van der Waals surface area contributed by atoms with E-state index in [1.54, 1.807) is 38.2 Å². The third-order valence-electron chi connectivity index (χ3n) is 16.1. The number of hydrogen-bond donors (Lipinski definition) is 4. The van der Waals surface area contributed by atoms with Crippen LogP contribution in [0.5, 0.6) is 0 Å². The lowest BCUT2D eigenvalue weighted by Crippen LogP contribution is -2.58. The van der Waals surface area contributed by atoms with Crippen LogP contribution in [-0.4, -0.2) is 180 Å². The van der Waals surface area contributed by atoms with Gasteiger partial charge in [-0.05, 0) is 114 Å². The van der Waals surface area contributed by atoms with Gasteiger partial charge in [0.15, 0.2) is 5.78 Å². The molecule has 5 N–H and O–H groups in total. The maximum absolute atomic E-state index is 14.8. The van der Waals surface area contributed by atoms with Crippen LogP contribution in [0.2, 0.25) is 0 Å². The standard InChI is InChI=1S/C56H71F2N13O7S/c1-34(61-2)53(74)65-50(56(76)70-19-5-7-45(70)54-64-43(33-79-54)51(73)36-8-10-38(57)11-9-36)35-14-20-68(21-15-35)23-25-78-27-26-77-24-16-48(72)62-17-22-71-47(30-59)49-37-28-46(52(60)63-31-37)69-18-4-6-44(69)41-29-39(58)12-13-40(41)55(75)67(3)32-42(49)66-71/h8-13,28-29,31,34-35,40-41,43-45,50,61H,4-7,14-27,32-33H2,1-3H3,(H2,60,63)(H,62,72)(H,65,74)/t34-,40?,41?,43?,44-,45-,50-/m1/s1. The van der Waals surface area contributed by atoms with Crippen LogP contribution in [0.4, 0.5) is 20.3 Å². The number of nitrogen functional groups attached to an aromatic ring is 1. The van der Waals surface area contributed by atoms with Crippen molar-refractivity contribution in [1.29, 1.82) is 5.26 Å². The van der Waals surface area contributed by atoms with Crippen LogP contribution in [0, 0.1) is 34.9 Å². The summed E-state index contributed by atoms with van der Waals surface area (Å²) >= 11 is 1.48. The monoisotopic (exact) mass is 1110 g/mol. The van der Waals surface area contributed by atoms with Gasteiger partial charge >= 0.3 is 0 Å². The van der Waals surface area contributed by atoms with Crippen molar-refractivity contribution in [3.05, 3.63) is 83.4 Å². The molecule has 3 aromatic rings. The van der Waals surface area contributed by atoms with Gasteiger partial charge in [-0.3, -0.25) is 33.6 Å². The van der Waals surface area contributed by atoms with Gasteiger partial charge in [0.05, 0.1) is 73.9 Å². The van der Waals surface area contributed by atoms with Gasteiger partial charge in [-0.15, -0.1) is 11.8 Å². The SMILES string of the molecule is CN[C@H](C)C(=O)N[C@@H](C(=O)N1CCC[C@@H]1C1=NC(C(=O)c2ccc(F)cc2)CS1)C1CCN(CCOCCOCCC(=O)NCCn2nc3c(c2C#N)-c2cnc(N)c(c2)N2CCC[C@@H]2C2C=C(F)C=CC2C(=O)N(C)C3)CC1. The predicted molar refractivity (Wildman–Crippen MR) is 295 cm³/mol. The Balaban J connectivity index is 0.708. The van der Waals surface area contributed by atoms with Crippen molar-refractivity contribution in [2.24, 2.45) is 22.7 Å². The molecule has 20 nitrogen and oxygen atoms in total. The second-order valence-electron chi connectivity index (χ2n) is 21.1. The summed E-state index contributed by atoms with van der Waals surface area (Å²) in [5.41, 5.74) is 9.41. The maximum atomic E-state index is 14.8. The molecule has 7 heterocycles. The van der Waals surface area contributed by atoms with E-state index in [1.807, 2.05) is 11.0 Å². The minimum Gasteiger partial charge on any atom is -0.382 e. The zero-order valence-electron chi connectivity index (χ0n) is 45.1. The number of nitrogens with two attached hydrogens (primary N) is 1. The summed E-state index contributed by atoms with van der Waals surface area (Å²) in [7, 11) is 3.39. The molecule has 2 bridgehead atoms. The van der Waals surface area contributed by atoms with Gasteiger partial charge in [0.2, 0.25) is 23.6 Å². The lowest BCUT2D eigenvalue weighted by atomic mass is 9.80. The summed E-state index contributed by atoms with van der Waals surface area (Å²) in [6.45, 7) is 6.78. The number of aliphatic imine (C=N–C) groups is 1. The van der Waals surface area contributed by atoms with Crippen molar-refractivity contribution in [1.82, 2.24) is 45.4 Å². The number of piperidine rings is 1. The number of amides is 4. The van der Waals surface area contributed by atoms with Crippen LogP contribution in [-0.2, 0) is 41.7 Å². The first-order valence-corrected chi connectivity index (χ1v) is 28.5. The number of thioether (sulfide) groups is 1. The van der Waals surface area contributed by atoms with Crippen molar-refractivity contribution < 1.29 is 42.2 Å². The molecule has 23 heteroatoms. The Morgan fingerprint density at radius 1 is 0.987 bits per heavy atom. The quantitative estimate of drug-likeness (QED) is 0.0927. The highest BCUT2D eigenvalue weighted by atomic mass is 32.2. The summed E-state index contributed by atoms with van der Waals surface area (Å²) in [5.74, 6) is -2.16. The lowest BCUT2D eigenvalue weighted by Gasteiger charge is -2.38. The van der Waals surface area contributed by atoms with Crippen molar-refractivity contribution >= 4 is 57.7 Å². The molecule has 1 aromatic carbocycles. The number of halogens is 2. The number of hydrogen-bond acceptors (Lipinski definition) is 16. The molecule has 0 saturated carbocycles. The number of allylic oxidation sites excluding steroid dienone is 2. The molecule has 3 fully saturated rings. The van der Waals surface area contributed by atoms with Crippen LogP contribution in [0.15, 0.2) is 65.6 Å². The number of ketones is 1. The zero-order valence-corrected chi connectivity index (χ0v) is 45.9. The molecular formula is C56H71F2N13O7S. The van der Waals surface area contributed by atoms with Gasteiger partial charge in [0.1, 0.15) is 41.3 Å². The molecule has 6 aliphatic rings. The van der Waals surface area contributed by atoms with E-state index in [-0.39, 0.29) is 91.6 Å². The van der Waals surface area contributed by atoms with E-state index >= 15 is 0 Å². The highest BCUT2D eigenvalue weighted by Crippen LogP contribution is 2.42. The van der Waals surface area contributed by atoms with Crippen molar-refractivity contribution in [2.45, 2.75) is 95.2 Å². The number of likely N-dealkylation sites (tertiary alicyclic amines) is 2. The summed E-state index contributed by atoms with van der Waals surface area (Å²) in [6.07, 6.45) is 10.7. The first kappa shape index (κ1) is 57.1. The van der Waals surface area contributed by atoms with Crippen molar-refractivity contribution in [3.8, 4) is 17.2 Å². The number of Topliss-reactive ketones (excluding diaryl/α,β-unsaturated/α-hetero) is 1. The first-order valence-electron chi connectivity index (χ1n) is 27.5. The molecule has 0 spiro atoms. The van der Waals surface area contributed by atoms with E-state index in [0.717, 1.165) is 37.4 Å². The number of nitriles is 1. The number of rotatable bonds is 20. The number of carbonyl (C=O) groups is 5. The predicted octanol–water partition coefficient (Wildman–Crippen LogP) is 3.87. The summed E-state index contributed by atoms with van der Waals surface area (Å²) in [4.78, 5) is 85.1. The number of nitrogens with one attached hydrogen (secondary N) is 3. The Morgan fingerprint density at radius 2 is 1.75 bits per heavy atom. The Labute approximate surface area is 463 Å². The number of benzene rings is 1. The van der Waals surface area contributed by atoms with Gasteiger partial charge in [-0.2, -0.15) is 10.4 Å². The molecule has 0 radical (unpaired) electrons. The number of ether oxygens (including phenoxy) is 2. The number of aromatic nitrogens is 3. The third kappa shape index (κ3) is 13.2. The smallest absolute Gasteiger partial charge is 0.246 e. The molecule has 2 aromatic heterocycles. The number of fused-ring (bicyclic) bond motifs is 8. The molecule has 9 rings (SSSR count). The average molecular weight is 1110 g/mol. The second kappa shape index (κ2) is 26.1. The molecule has 5 aliphatic heterocycles. The Hall–Kier alpha value is -6.58. The molecule has 1 aliphatic carbocycles. The normalized spacial score (nSPS) is 23.1. The first-order chi connectivity index (χ1) is 38.2. The molecule has 3 unspecified atom stereocenters. The minimum absolute atomic E-state index is 0.0805. The zero-order chi connectivity index (χ0) is 55.7. The fourth-order valence-electron chi connectivity index (χ4n) is 11.7. The molecule has 79 heavy (non-hydrogen) atoms. The van der Waals surface area contributed by atoms with Crippen LogP contribution in [0.1, 0.15) is 73.6 Å². The number of likely N-dealkylation sites (N-methyl/N-ethyl adjacent to an activating group) is 1. The van der Waals surface area contributed by atoms with E-state index in [9.17, 15) is 38.0 Å². The summed E-state index contributed by atoms with van der Waals surface area (Å²) < 4.78 is 41.4. The van der Waals surface area contributed by atoms with Crippen molar-refractivity contribution in [2.75, 3.05) is 96.2 Å². The van der Waals surface area contributed by atoms with Crippen LogP contribution >= 0.6 is 11.8 Å². The fourth-order valence-corrected chi connectivity index (χ4v) is 12.9. The second-order valence-corrected chi connectivity index (χ2v) is 22.1. The summed E-state index contributed by atoms with van der Waals surface area (Å²) in [6, 6.07) is 7.38. The molecule has 4 amide bonds. The summed E-state index contributed by atoms with van der Waals surface area (Å²) in [5, 5.41) is 25.0. The fraction of sp³-hybridized carbons (Fsp3) is 0.554. The Morgan fingerprint density at radius 3 is 2.51 bits per heavy atom. The van der Waals surface area contributed by atoms with E-state index in [1.165, 1.54) is 52.9 Å². The third-order valence-corrected chi connectivity index (χ3v) is 17.3. The maximum Gasteiger partial charge on any atom is 0.246 e. The van der Waals surface area contributed by atoms with Crippen LogP contribution < -0.4 is 26.6 Å². The highest BCUT2D eigenvalue weighted by Gasteiger charge is 2.44. The Kier molecular flexibility index (Phi) is 18.9. The molecule has 422 valence electrons. The van der Waals surface area contributed by atoms with Gasteiger partial charge in [0, 0.05) is 80.2 Å². The number of carbonyl (C=O) groups excluding carboxylic acids is 5. The highest BCUT2D eigenvalue weighted by molar-refractivity contribution is 8.14. The van der Waals surface area contributed by atoms with Crippen molar-refractivity contribution in [3.63, 3.8) is 0 Å². The molecule has 3 saturated heterocycles. The number of anilines is 2. The van der Waals surface area contributed by atoms with E-state index in [0.29, 0.717) is 98.4 Å². The van der Waals surface area contributed by atoms with E-state index in [2.05, 4.69) is 36.8 Å². The Bertz CT molecular complexity index is 2870. The lowest BCUT2D eigenvalue weighted by molar-refractivity contribution is -0.138. The van der Waals surface area contributed by atoms with Gasteiger partial charge < -0.3 is 50.8 Å². The van der Waals surface area contributed by atoms with E-state index < -0.39 is 35.8 Å². The average Bonchev–Trinajstić information content (AvgIpc) is 4.36. The minimum atomic E-state index is -0.720. The largest absolute Gasteiger partial charge is 0.382 e. The topological polar surface area (TPSA) is 246 Å². The molecular weight excluding hydrogens is 1040 g/mol. The van der Waals surface area contributed by atoms with Gasteiger partial charge in [0.25, 0.3) is 0 Å². The number of nitrogens with zero attached hydrogens (tertiary/aromatic N) is 9. The number of pyridine rings is 1. The van der Waals surface area contributed by atoms with Crippen LogP contribution in [0.25, 0.3) is 11.1 Å². The van der Waals surface area contributed by atoms with Crippen LogP contribution in [0.3, 0.4) is 0 Å². The van der Waals surface area contributed by atoms with Gasteiger partial charge in [-0.1, -0.05) is 6.08 Å².